The minimum atomic E-state index is -6.00. The number of hydrogen-bond donors (Lipinski definition) is 0. The molecule has 3 heterocycles. The molecule has 0 atom stereocenters. The molecular weight excluding hydrogens is 802 g/mol. The van der Waals surface area contributed by atoms with Crippen LogP contribution in [-0.4, -0.2) is 145 Å². The van der Waals surface area contributed by atoms with Gasteiger partial charge in [0.05, 0.1) is 119 Å². The summed E-state index contributed by atoms with van der Waals surface area (Å²) in [5.74, 6) is -0.660. The zero-order valence-corrected chi connectivity index (χ0v) is 32.7. The largest absolute Gasteiger partial charge is 0.673 e. The number of aromatic nitrogens is 2. The molecule has 1 saturated heterocycles. The first-order valence-electron chi connectivity index (χ1n) is 18.3. The summed E-state index contributed by atoms with van der Waals surface area (Å²) in [6.07, 6.45) is 7.29. The number of carbonyl (C=O) groups is 2. The van der Waals surface area contributed by atoms with Crippen molar-refractivity contribution in [3.8, 4) is 0 Å². The van der Waals surface area contributed by atoms with Gasteiger partial charge in [-0.3, -0.25) is 0 Å². The molecule has 0 N–H and O–H groups in total. The first kappa shape index (κ1) is 54.5. The highest BCUT2D eigenvalue weighted by Crippen LogP contribution is 2.07. The second-order valence-electron chi connectivity index (χ2n) is 11.0. The Morgan fingerprint density at radius 3 is 0.879 bits per heavy atom. The van der Waals surface area contributed by atoms with Crippen LogP contribution >= 0.6 is 0 Å². The molecule has 0 saturated carbocycles. The minimum absolute atomic E-state index is 0.330. The van der Waals surface area contributed by atoms with Crippen molar-refractivity contribution in [2.24, 2.45) is 0 Å². The van der Waals surface area contributed by atoms with Crippen molar-refractivity contribution in [2.45, 2.75) is 26.9 Å². The van der Waals surface area contributed by atoms with Crippen LogP contribution in [0.15, 0.2) is 49.1 Å². The maximum Gasteiger partial charge on any atom is 0.673 e. The third-order valence-electron chi connectivity index (χ3n) is 6.33. The molecule has 0 bridgehead atoms. The van der Waals surface area contributed by atoms with Gasteiger partial charge in [0.1, 0.15) is 11.1 Å². The molecule has 58 heavy (non-hydrogen) atoms. The van der Waals surface area contributed by atoms with Crippen LogP contribution in [0.2, 0.25) is 0 Å². The Labute approximate surface area is 333 Å². The number of ether oxygens (including phenoxy) is 10. The molecule has 0 aliphatic carbocycles. The lowest BCUT2D eigenvalue weighted by Gasteiger charge is -2.09. The van der Waals surface area contributed by atoms with E-state index in [0.29, 0.717) is 143 Å². The van der Waals surface area contributed by atoms with Crippen LogP contribution in [-0.2, 0) is 60.5 Å². The second kappa shape index (κ2) is 35.4. The molecular formula is C34H54B2F8N2O12. The second-order valence-corrected chi connectivity index (χ2v) is 11.0. The van der Waals surface area contributed by atoms with Crippen LogP contribution in [0.1, 0.15) is 34.6 Å². The third-order valence-corrected chi connectivity index (χ3v) is 6.33. The van der Waals surface area contributed by atoms with Gasteiger partial charge in [0.2, 0.25) is 13.1 Å². The molecule has 0 spiro atoms. The van der Waals surface area contributed by atoms with Gasteiger partial charge in [-0.2, -0.15) is 9.13 Å². The normalized spacial score (nSPS) is 16.2. The van der Waals surface area contributed by atoms with E-state index in [4.69, 9.17) is 47.4 Å². The highest BCUT2D eigenvalue weighted by molar-refractivity contribution is 6.50. The van der Waals surface area contributed by atoms with Crippen molar-refractivity contribution in [1.29, 1.82) is 0 Å². The summed E-state index contributed by atoms with van der Waals surface area (Å²) in [6, 6.07) is 7.07. The lowest BCUT2D eigenvalue weighted by atomic mass is 10.3. The highest BCUT2D eigenvalue weighted by Gasteiger charge is 2.21. The Balaban J connectivity index is 0.000000908. The van der Waals surface area contributed by atoms with E-state index in [-0.39, 0.29) is 11.9 Å². The number of hydrogen-bond acceptors (Lipinski definition) is 12. The number of esters is 2. The van der Waals surface area contributed by atoms with Crippen LogP contribution in [0.5, 0.6) is 0 Å². The molecule has 3 rings (SSSR count). The number of pyridine rings is 2. The van der Waals surface area contributed by atoms with Crippen LogP contribution in [0.3, 0.4) is 0 Å². The third kappa shape index (κ3) is 39.3. The van der Waals surface area contributed by atoms with E-state index >= 15 is 0 Å². The maximum absolute atomic E-state index is 11.8. The summed E-state index contributed by atoms with van der Waals surface area (Å²) < 4.78 is 135. The summed E-state index contributed by atoms with van der Waals surface area (Å²) in [5, 5.41) is 0. The quantitative estimate of drug-likeness (QED) is 0.172. The molecule has 1 fully saturated rings. The van der Waals surface area contributed by atoms with Crippen molar-refractivity contribution >= 4 is 26.4 Å². The molecule has 2 aromatic rings. The molecule has 24 heteroatoms. The molecule has 0 unspecified atom stereocenters. The van der Waals surface area contributed by atoms with E-state index in [1.807, 2.05) is 33.7 Å². The van der Waals surface area contributed by atoms with Gasteiger partial charge in [0.15, 0.2) is 24.8 Å². The summed E-state index contributed by atoms with van der Waals surface area (Å²) in [4.78, 5) is 23.5. The van der Waals surface area contributed by atoms with Crippen LogP contribution in [0, 0.1) is 0 Å². The van der Waals surface area contributed by atoms with Crippen LogP contribution < -0.4 is 9.13 Å². The zero-order chi connectivity index (χ0) is 43.3. The number of aryl methyl sites for hydroxylation is 2. The number of rotatable bonds is 7. The van der Waals surface area contributed by atoms with Gasteiger partial charge in [-0.05, 0) is 26.0 Å². The summed E-state index contributed by atoms with van der Waals surface area (Å²) >= 11 is 0. The molecule has 1 aliphatic heterocycles. The van der Waals surface area contributed by atoms with E-state index in [1.54, 1.807) is 38.4 Å². The molecule has 0 radical (unpaired) electrons. The van der Waals surface area contributed by atoms with Crippen molar-refractivity contribution in [3.63, 3.8) is 0 Å². The Bertz CT molecular complexity index is 1130. The molecule has 0 aromatic carbocycles. The van der Waals surface area contributed by atoms with Crippen molar-refractivity contribution < 1.29 is 101 Å². The smallest absolute Gasteiger partial charge is 0.462 e. The Hall–Kier alpha value is -3.51. The fourth-order valence-corrected chi connectivity index (χ4v) is 3.98. The van der Waals surface area contributed by atoms with Gasteiger partial charge < -0.3 is 81.9 Å². The van der Waals surface area contributed by atoms with Gasteiger partial charge in [0.25, 0.3) is 0 Å². The van der Waals surface area contributed by atoms with E-state index in [0.717, 1.165) is 0 Å². The van der Waals surface area contributed by atoms with E-state index in [9.17, 15) is 44.1 Å². The van der Waals surface area contributed by atoms with Gasteiger partial charge in [-0.15, -0.1) is 0 Å². The first-order valence-corrected chi connectivity index (χ1v) is 18.3. The predicted molar refractivity (Wildman–Crippen MR) is 192 cm³/mol. The van der Waals surface area contributed by atoms with Gasteiger partial charge >= 0.3 is 26.4 Å². The van der Waals surface area contributed by atoms with Crippen molar-refractivity contribution in [2.75, 3.05) is 119 Å². The fraction of sp³-hybridized carbons (Fsp3) is 0.647. The lowest BCUT2D eigenvalue weighted by Crippen LogP contribution is -2.44. The average Bonchev–Trinajstić information content (AvgIpc) is 3.15. The van der Waals surface area contributed by atoms with E-state index in [2.05, 4.69) is 0 Å². The molecule has 0 amide bonds. The average molecular weight is 856 g/mol. The van der Waals surface area contributed by atoms with Crippen LogP contribution in [0.25, 0.3) is 0 Å². The van der Waals surface area contributed by atoms with Gasteiger partial charge in [0, 0.05) is 12.1 Å². The van der Waals surface area contributed by atoms with Gasteiger partial charge in [-0.25, -0.2) is 9.59 Å². The van der Waals surface area contributed by atoms with Crippen LogP contribution in [0.4, 0.5) is 34.5 Å². The highest BCUT2D eigenvalue weighted by atomic mass is 19.5. The lowest BCUT2D eigenvalue weighted by molar-refractivity contribution is -0.778. The van der Waals surface area contributed by atoms with E-state index < -0.39 is 14.5 Å². The predicted octanol–water partition coefficient (Wildman–Crippen LogP) is 4.05. The topological polar surface area (TPSA) is 134 Å². The maximum atomic E-state index is 11.8. The Kier molecular flexibility index (Phi) is 33.3. The van der Waals surface area contributed by atoms with E-state index in [1.165, 1.54) is 0 Å². The molecule has 334 valence electrons. The summed E-state index contributed by atoms with van der Waals surface area (Å²) in [5.41, 5.74) is 1.04. The molecule has 1 aliphatic rings. The number of carbonyl (C=O) groups excluding carboxylic acids is 2. The fourth-order valence-electron chi connectivity index (χ4n) is 3.98. The zero-order valence-electron chi connectivity index (χ0n) is 32.7. The van der Waals surface area contributed by atoms with Crippen molar-refractivity contribution in [3.05, 3.63) is 60.2 Å². The number of nitrogens with zero attached hydrogens (tertiary/aromatic N) is 2. The van der Waals surface area contributed by atoms with Gasteiger partial charge in [-0.1, -0.05) is 0 Å². The Morgan fingerprint density at radius 1 is 0.483 bits per heavy atom. The Morgan fingerprint density at radius 2 is 0.690 bits per heavy atom. The molecule has 14 nitrogen and oxygen atoms in total. The minimum Gasteiger partial charge on any atom is -0.462 e. The standard InChI is InChI=1S/C18H22N2O4.C16H32O8.2BF4/c1-3-23-17(21)15-7-5-9-19(13-15)11-12-20-10-6-8-16(14-20)18(22)24-4-2;1-2-18-5-6-20-9-10-22-13-14-24-16-15-23-12-11-21-8-7-19-4-3-17-1;2*2-1(3,4)5/h5-10,13-14H,3-4,11-12H2,1-2H3;1-16H2;;/q+2;;2*-1. The summed E-state index contributed by atoms with van der Waals surface area (Å²) in [6.45, 7) is 14.5. The number of halogens is 8. The SMILES string of the molecule is C1COCCOCCOCCOCCOCCOCCOCCO1.CCOC(=O)c1ccc[n+](CC[n+]2cccc(C(=O)OCC)c2)c1.F[B-](F)(F)F.F[B-](F)(F)F. The monoisotopic (exact) mass is 856 g/mol. The first-order chi connectivity index (χ1) is 27.6. The summed E-state index contributed by atoms with van der Waals surface area (Å²) in [7, 11) is -12.0. The van der Waals surface area contributed by atoms with Crippen molar-refractivity contribution in [1.82, 2.24) is 0 Å². The molecule has 2 aromatic heterocycles.